The van der Waals surface area contributed by atoms with Crippen LogP contribution in [0.4, 0.5) is 0 Å². The Morgan fingerprint density at radius 3 is 1.50 bits per heavy atom. The van der Waals surface area contributed by atoms with Crippen molar-refractivity contribution in [1.29, 1.82) is 0 Å². The first-order chi connectivity index (χ1) is 11.7. The van der Waals surface area contributed by atoms with Gasteiger partial charge in [0.1, 0.15) is 6.10 Å². The molecule has 0 aliphatic heterocycles. The summed E-state index contributed by atoms with van der Waals surface area (Å²) in [7, 11) is 0. The lowest BCUT2D eigenvalue weighted by Crippen LogP contribution is -2.18. The quantitative estimate of drug-likeness (QED) is 0.190. The third-order valence-electron chi connectivity index (χ3n) is 4.79. The molecular formula is C22H44O2. The van der Waals surface area contributed by atoms with Gasteiger partial charge in [0.05, 0.1) is 0 Å². The van der Waals surface area contributed by atoms with E-state index in [2.05, 4.69) is 20.8 Å². The van der Waals surface area contributed by atoms with E-state index < -0.39 is 0 Å². The molecule has 0 amide bonds. The van der Waals surface area contributed by atoms with Crippen LogP contribution in [0.5, 0.6) is 0 Å². The van der Waals surface area contributed by atoms with Crippen molar-refractivity contribution in [3.05, 3.63) is 0 Å². The van der Waals surface area contributed by atoms with Gasteiger partial charge in [-0.05, 0) is 32.1 Å². The smallest absolute Gasteiger partial charge is 0.306 e. The van der Waals surface area contributed by atoms with E-state index in [0.717, 1.165) is 25.7 Å². The topological polar surface area (TPSA) is 26.3 Å². The standard InChI is InChI=1S/C22H44O2/c1-4-7-10-12-14-16-18-21(24-22(23)20-9-6-3)19-17-15-13-11-8-5-2/h21H,4-20H2,1-3H3. The minimum atomic E-state index is 0.0267. The van der Waals surface area contributed by atoms with Crippen LogP contribution in [-0.2, 0) is 9.53 Å². The number of hydrogen-bond acceptors (Lipinski definition) is 2. The van der Waals surface area contributed by atoms with Crippen molar-refractivity contribution >= 4 is 5.97 Å². The summed E-state index contributed by atoms with van der Waals surface area (Å²) in [6.45, 7) is 6.63. The van der Waals surface area contributed by atoms with Gasteiger partial charge in [-0.25, -0.2) is 0 Å². The number of ether oxygens (including phenoxy) is 1. The fraction of sp³-hybridized carbons (Fsp3) is 0.955. The highest BCUT2D eigenvalue weighted by molar-refractivity contribution is 5.69. The Balaban J connectivity index is 3.93. The number of rotatable bonds is 18. The third kappa shape index (κ3) is 16.3. The molecule has 0 spiro atoms. The van der Waals surface area contributed by atoms with Crippen LogP contribution in [-0.4, -0.2) is 12.1 Å². The van der Waals surface area contributed by atoms with Gasteiger partial charge in [-0.2, -0.15) is 0 Å². The van der Waals surface area contributed by atoms with Crippen LogP contribution in [0.1, 0.15) is 130 Å². The van der Waals surface area contributed by atoms with Crippen molar-refractivity contribution in [2.45, 2.75) is 136 Å². The minimum absolute atomic E-state index is 0.0267. The van der Waals surface area contributed by atoms with Gasteiger partial charge in [0.15, 0.2) is 0 Å². The Hall–Kier alpha value is -0.530. The van der Waals surface area contributed by atoms with E-state index in [-0.39, 0.29) is 12.1 Å². The summed E-state index contributed by atoms with van der Waals surface area (Å²) in [5.74, 6) is 0.0267. The van der Waals surface area contributed by atoms with Crippen molar-refractivity contribution in [2.75, 3.05) is 0 Å². The summed E-state index contributed by atoms with van der Waals surface area (Å²) in [5.41, 5.74) is 0. The maximum atomic E-state index is 11.9. The Morgan fingerprint density at radius 2 is 1.04 bits per heavy atom. The normalized spacial score (nSPS) is 11.2. The lowest BCUT2D eigenvalue weighted by atomic mass is 10.0. The maximum absolute atomic E-state index is 11.9. The second-order valence-electron chi connectivity index (χ2n) is 7.33. The Kier molecular flexibility index (Phi) is 18.4. The average molecular weight is 341 g/mol. The summed E-state index contributed by atoms with van der Waals surface area (Å²) in [5, 5.41) is 0. The van der Waals surface area contributed by atoms with Gasteiger partial charge in [-0.15, -0.1) is 0 Å². The molecule has 0 bridgehead atoms. The molecule has 0 aromatic heterocycles. The van der Waals surface area contributed by atoms with E-state index in [1.807, 2.05) is 0 Å². The van der Waals surface area contributed by atoms with Crippen LogP contribution >= 0.6 is 0 Å². The molecular weight excluding hydrogens is 296 g/mol. The summed E-state index contributed by atoms with van der Waals surface area (Å²) in [6.07, 6.45) is 20.6. The molecule has 0 aromatic carbocycles. The Bertz CT molecular complexity index is 247. The molecule has 0 N–H and O–H groups in total. The van der Waals surface area contributed by atoms with Gasteiger partial charge in [0.25, 0.3) is 0 Å². The molecule has 0 heterocycles. The first kappa shape index (κ1) is 23.5. The predicted octanol–water partition coefficient (Wildman–Crippen LogP) is 7.59. The molecule has 0 rings (SSSR count). The SMILES string of the molecule is CCCCCCCCC(CCCCCCCC)OC(=O)CCCC. The number of carbonyl (C=O) groups is 1. The molecule has 0 unspecified atom stereocenters. The van der Waals surface area contributed by atoms with Crippen molar-refractivity contribution in [1.82, 2.24) is 0 Å². The number of carbonyl (C=O) groups excluding carboxylic acids is 1. The molecule has 24 heavy (non-hydrogen) atoms. The van der Waals surface area contributed by atoms with Gasteiger partial charge >= 0.3 is 5.97 Å². The van der Waals surface area contributed by atoms with E-state index in [0.29, 0.717) is 6.42 Å². The maximum Gasteiger partial charge on any atom is 0.306 e. The van der Waals surface area contributed by atoms with Crippen LogP contribution in [0.15, 0.2) is 0 Å². The Morgan fingerprint density at radius 1 is 0.625 bits per heavy atom. The predicted molar refractivity (Wildman–Crippen MR) is 105 cm³/mol. The van der Waals surface area contributed by atoms with Crippen molar-refractivity contribution in [3.8, 4) is 0 Å². The lowest BCUT2D eigenvalue weighted by molar-refractivity contribution is -0.150. The highest BCUT2D eigenvalue weighted by Crippen LogP contribution is 2.17. The van der Waals surface area contributed by atoms with E-state index >= 15 is 0 Å². The first-order valence-electron chi connectivity index (χ1n) is 10.9. The Labute approximate surface area is 152 Å². The number of unbranched alkanes of at least 4 members (excludes halogenated alkanes) is 11. The van der Waals surface area contributed by atoms with Crippen molar-refractivity contribution < 1.29 is 9.53 Å². The molecule has 0 radical (unpaired) electrons. The van der Waals surface area contributed by atoms with Crippen LogP contribution in [0, 0.1) is 0 Å². The second-order valence-corrected chi connectivity index (χ2v) is 7.33. The molecule has 0 fully saturated rings. The molecule has 0 aromatic rings. The van der Waals surface area contributed by atoms with Gasteiger partial charge in [-0.3, -0.25) is 4.79 Å². The molecule has 144 valence electrons. The molecule has 0 aliphatic rings. The van der Waals surface area contributed by atoms with Gasteiger partial charge in [-0.1, -0.05) is 91.4 Å². The highest BCUT2D eigenvalue weighted by Gasteiger charge is 2.13. The molecule has 0 saturated carbocycles. The van der Waals surface area contributed by atoms with Gasteiger partial charge in [0.2, 0.25) is 0 Å². The van der Waals surface area contributed by atoms with Crippen LogP contribution in [0.2, 0.25) is 0 Å². The summed E-state index contributed by atoms with van der Waals surface area (Å²) < 4.78 is 5.77. The van der Waals surface area contributed by atoms with E-state index in [4.69, 9.17) is 4.74 Å². The zero-order valence-electron chi connectivity index (χ0n) is 16.9. The molecule has 0 atom stereocenters. The first-order valence-corrected chi connectivity index (χ1v) is 10.9. The fourth-order valence-electron chi connectivity index (χ4n) is 3.13. The summed E-state index contributed by atoms with van der Waals surface area (Å²) in [4.78, 5) is 11.9. The summed E-state index contributed by atoms with van der Waals surface area (Å²) in [6, 6.07) is 0. The van der Waals surface area contributed by atoms with E-state index in [1.165, 1.54) is 77.0 Å². The van der Waals surface area contributed by atoms with E-state index in [9.17, 15) is 4.79 Å². The van der Waals surface area contributed by atoms with Crippen molar-refractivity contribution in [2.24, 2.45) is 0 Å². The van der Waals surface area contributed by atoms with Gasteiger partial charge < -0.3 is 4.74 Å². The third-order valence-corrected chi connectivity index (χ3v) is 4.79. The molecule has 2 heteroatoms. The monoisotopic (exact) mass is 340 g/mol. The molecule has 0 saturated heterocycles. The highest BCUT2D eigenvalue weighted by atomic mass is 16.5. The lowest BCUT2D eigenvalue weighted by Gasteiger charge is -2.18. The van der Waals surface area contributed by atoms with Gasteiger partial charge in [0, 0.05) is 6.42 Å². The molecule has 2 nitrogen and oxygen atoms in total. The largest absolute Gasteiger partial charge is 0.462 e. The average Bonchev–Trinajstić information content (AvgIpc) is 2.58. The van der Waals surface area contributed by atoms with Crippen LogP contribution < -0.4 is 0 Å². The fourth-order valence-corrected chi connectivity index (χ4v) is 3.13. The molecule has 0 aliphatic carbocycles. The summed E-state index contributed by atoms with van der Waals surface area (Å²) >= 11 is 0. The number of esters is 1. The van der Waals surface area contributed by atoms with Crippen LogP contribution in [0.25, 0.3) is 0 Å². The van der Waals surface area contributed by atoms with Crippen LogP contribution in [0.3, 0.4) is 0 Å². The van der Waals surface area contributed by atoms with Crippen molar-refractivity contribution in [3.63, 3.8) is 0 Å². The second kappa shape index (κ2) is 18.8. The van der Waals surface area contributed by atoms with E-state index in [1.54, 1.807) is 0 Å². The minimum Gasteiger partial charge on any atom is -0.462 e. The zero-order valence-corrected chi connectivity index (χ0v) is 16.9. The zero-order chi connectivity index (χ0) is 17.9. The number of hydrogen-bond donors (Lipinski definition) is 0.